The van der Waals surface area contributed by atoms with Crippen LogP contribution in [0.25, 0.3) is 10.8 Å². The van der Waals surface area contributed by atoms with E-state index < -0.39 is 0 Å². The van der Waals surface area contributed by atoms with E-state index in [1.54, 1.807) is 15.9 Å². The predicted octanol–water partition coefficient (Wildman–Crippen LogP) is 3.83. The summed E-state index contributed by atoms with van der Waals surface area (Å²) in [7, 11) is 0. The largest absolute Gasteiger partial charge is 0.315 e. The van der Waals surface area contributed by atoms with Crippen molar-refractivity contribution >= 4 is 33.7 Å². The lowest BCUT2D eigenvalue weighted by Crippen LogP contribution is -2.19. The molecule has 3 aromatic rings. The first-order valence-corrected chi connectivity index (χ1v) is 8.27. The summed E-state index contributed by atoms with van der Waals surface area (Å²) >= 11 is 7.38. The number of hydrogen-bond donors (Lipinski definition) is 0. The van der Waals surface area contributed by atoms with Crippen LogP contribution in [0.3, 0.4) is 0 Å². The molecular weight excluding hydrogens is 304 g/mol. The van der Waals surface area contributed by atoms with Crippen molar-refractivity contribution in [3.05, 3.63) is 63.0 Å². The van der Waals surface area contributed by atoms with Crippen molar-refractivity contribution in [1.29, 1.82) is 0 Å². The molecule has 0 amide bonds. The van der Waals surface area contributed by atoms with Gasteiger partial charge in [0.1, 0.15) is 0 Å². The molecule has 0 aliphatic rings. The van der Waals surface area contributed by atoms with Crippen molar-refractivity contribution in [2.45, 2.75) is 25.3 Å². The molecule has 0 saturated carbocycles. The maximum atomic E-state index is 12.4. The number of pyridine rings is 1. The predicted molar refractivity (Wildman–Crippen MR) is 88.2 cm³/mol. The van der Waals surface area contributed by atoms with Crippen LogP contribution in [0.2, 0.25) is 0 Å². The van der Waals surface area contributed by atoms with Gasteiger partial charge in [-0.3, -0.25) is 4.79 Å². The van der Waals surface area contributed by atoms with Gasteiger partial charge in [0.2, 0.25) is 0 Å². The Bertz CT molecular complexity index is 809. The molecule has 0 fully saturated rings. The van der Waals surface area contributed by atoms with Crippen LogP contribution < -0.4 is 5.56 Å². The molecule has 1 aromatic carbocycles. The number of hydrogen-bond acceptors (Lipinski definition) is 3. The SMILES string of the molecule is O=c1c2ccccc2ccn1CCCc1nc(CCl)cs1. The molecule has 0 saturated heterocycles. The lowest BCUT2D eigenvalue weighted by atomic mass is 10.2. The van der Waals surface area contributed by atoms with Gasteiger partial charge in [0.05, 0.1) is 16.6 Å². The van der Waals surface area contributed by atoms with Crippen LogP contribution in [-0.2, 0) is 18.8 Å². The number of aromatic nitrogens is 2. The van der Waals surface area contributed by atoms with Crippen molar-refractivity contribution in [1.82, 2.24) is 9.55 Å². The first-order valence-electron chi connectivity index (χ1n) is 6.85. The number of fused-ring (bicyclic) bond motifs is 1. The van der Waals surface area contributed by atoms with Crippen molar-refractivity contribution in [2.24, 2.45) is 0 Å². The summed E-state index contributed by atoms with van der Waals surface area (Å²) < 4.78 is 1.78. The summed E-state index contributed by atoms with van der Waals surface area (Å²) in [5.41, 5.74) is 1.01. The van der Waals surface area contributed by atoms with Crippen LogP contribution >= 0.6 is 22.9 Å². The van der Waals surface area contributed by atoms with Crippen LogP contribution in [0.15, 0.2) is 46.7 Å². The van der Waals surface area contributed by atoms with Gasteiger partial charge in [0.15, 0.2) is 0 Å². The molecule has 108 valence electrons. The monoisotopic (exact) mass is 318 g/mol. The highest BCUT2D eigenvalue weighted by Crippen LogP contribution is 2.14. The zero-order chi connectivity index (χ0) is 14.7. The Morgan fingerprint density at radius 1 is 1.24 bits per heavy atom. The molecule has 2 heterocycles. The van der Waals surface area contributed by atoms with Crippen LogP contribution in [0, 0.1) is 0 Å². The summed E-state index contributed by atoms with van der Waals surface area (Å²) in [6.07, 6.45) is 3.64. The van der Waals surface area contributed by atoms with Crippen molar-refractivity contribution in [3.8, 4) is 0 Å². The zero-order valence-electron chi connectivity index (χ0n) is 11.5. The summed E-state index contributed by atoms with van der Waals surface area (Å²) in [6, 6.07) is 9.68. The standard InChI is InChI=1S/C16H15ClN2OS/c17-10-13-11-21-15(18-13)6-3-8-19-9-7-12-4-1-2-5-14(12)16(19)20/h1-2,4-5,7,9,11H,3,6,8,10H2. The molecular formula is C16H15ClN2OS. The number of thiazole rings is 1. The third kappa shape index (κ3) is 3.17. The van der Waals surface area contributed by atoms with Gasteiger partial charge in [-0.2, -0.15) is 0 Å². The average Bonchev–Trinajstić information content (AvgIpc) is 2.98. The van der Waals surface area contributed by atoms with E-state index in [1.165, 1.54) is 0 Å². The molecule has 2 aromatic heterocycles. The maximum Gasteiger partial charge on any atom is 0.258 e. The van der Waals surface area contributed by atoms with Crippen LogP contribution in [0.4, 0.5) is 0 Å². The highest BCUT2D eigenvalue weighted by molar-refractivity contribution is 7.09. The number of alkyl halides is 1. The van der Waals surface area contributed by atoms with Gasteiger partial charge < -0.3 is 4.57 Å². The van der Waals surface area contributed by atoms with Crippen LogP contribution in [0.1, 0.15) is 17.1 Å². The summed E-state index contributed by atoms with van der Waals surface area (Å²) in [6.45, 7) is 0.708. The van der Waals surface area contributed by atoms with E-state index in [9.17, 15) is 4.79 Å². The second kappa shape index (κ2) is 6.41. The fraction of sp³-hybridized carbons (Fsp3) is 0.250. The number of rotatable bonds is 5. The Hall–Kier alpha value is -1.65. The molecule has 5 heteroatoms. The molecule has 21 heavy (non-hydrogen) atoms. The summed E-state index contributed by atoms with van der Waals surface area (Å²) in [4.78, 5) is 16.8. The maximum absolute atomic E-state index is 12.4. The normalized spacial score (nSPS) is 11.1. The minimum absolute atomic E-state index is 0.0775. The Morgan fingerprint density at radius 3 is 2.90 bits per heavy atom. The molecule has 3 nitrogen and oxygen atoms in total. The smallest absolute Gasteiger partial charge is 0.258 e. The molecule has 0 unspecified atom stereocenters. The van der Waals surface area contributed by atoms with Crippen molar-refractivity contribution in [2.75, 3.05) is 0 Å². The van der Waals surface area contributed by atoms with Gasteiger partial charge in [-0.25, -0.2) is 4.98 Å². The van der Waals surface area contributed by atoms with E-state index in [0.29, 0.717) is 12.4 Å². The number of halogens is 1. The minimum Gasteiger partial charge on any atom is -0.315 e. The first kappa shape index (κ1) is 14.3. The van der Waals surface area contributed by atoms with Gasteiger partial charge in [-0.05, 0) is 23.9 Å². The highest BCUT2D eigenvalue weighted by Gasteiger charge is 2.04. The lowest BCUT2D eigenvalue weighted by molar-refractivity contribution is 0.625. The van der Waals surface area contributed by atoms with Gasteiger partial charge in [0, 0.05) is 29.9 Å². The van der Waals surface area contributed by atoms with Gasteiger partial charge in [-0.15, -0.1) is 22.9 Å². The Balaban J connectivity index is 1.70. The molecule has 0 aliphatic heterocycles. The fourth-order valence-electron chi connectivity index (χ4n) is 2.33. The number of nitrogens with zero attached hydrogens (tertiary/aromatic N) is 2. The molecule has 3 rings (SSSR count). The second-order valence-corrected chi connectivity index (χ2v) is 6.08. The van der Waals surface area contributed by atoms with Crippen molar-refractivity contribution < 1.29 is 0 Å². The van der Waals surface area contributed by atoms with Crippen molar-refractivity contribution in [3.63, 3.8) is 0 Å². The molecule has 0 atom stereocenters. The number of benzene rings is 1. The third-order valence-corrected chi connectivity index (χ3v) is 4.64. The van der Waals surface area contributed by atoms with E-state index >= 15 is 0 Å². The second-order valence-electron chi connectivity index (χ2n) is 4.87. The Labute approximate surface area is 131 Å². The molecule has 0 bridgehead atoms. The zero-order valence-corrected chi connectivity index (χ0v) is 13.0. The number of aryl methyl sites for hydroxylation is 2. The Kier molecular flexibility index (Phi) is 4.36. The Morgan fingerprint density at radius 2 is 2.10 bits per heavy atom. The lowest BCUT2D eigenvalue weighted by Gasteiger charge is -2.06. The van der Waals surface area contributed by atoms with E-state index in [2.05, 4.69) is 4.98 Å². The molecule has 0 aliphatic carbocycles. The van der Waals surface area contributed by atoms with E-state index in [-0.39, 0.29) is 5.56 Å². The van der Waals surface area contributed by atoms with E-state index in [0.717, 1.165) is 34.3 Å². The quantitative estimate of drug-likeness (QED) is 0.670. The van der Waals surface area contributed by atoms with Crippen LogP contribution in [-0.4, -0.2) is 9.55 Å². The molecule has 0 spiro atoms. The average molecular weight is 319 g/mol. The first-order chi connectivity index (χ1) is 10.3. The minimum atomic E-state index is 0.0775. The fourth-order valence-corrected chi connectivity index (χ4v) is 3.40. The van der Waals surface area contributed by atoms with Gasteiger partial charge in [0.25, 0.3) is 5.56 Å². The van der Waals surface area contributed by atoms with Crippen LogP contribution in [0.5, 0.6) is 0 Å². The van der Waals surface area contributed by atoms with E-state index in [4.69, 9.17) is 11.6 Å². The van der Waals surface area contributed by atoms with Gasteiger partial charge in [-0.1, -0.05) is 18.2 Å². The summed E-state index contributed by atoms with van der Waals surface area (Å²) in [5.74, 6) is 0.459. The molecule has 0 N–H and O–H groups in total. The van der Waals surface area contributed by atoms with Gasteiger partial charge >= 0.3 is 0 Å². The molecule has 0 radical (unpaired) electrons. The summed E-state index contributed by atoms with van der Waals surface area (Å²) in [5, 5.41) is 4.84. The highest BCUT2D eigenvalue weighted by atomic mass is 35.5. The third-order valence-electron chi connectivity index (χ3n) is 3.41. The van der Waals surface area contributed by atoms with E-state index in [1.807, 2.05) is 41.9 Å². The topological polar surface area (TPSA) is 34.9 Å².